The summed E-state index contributed by atoms with van der Waals surface area (Å²) >= 11 is 7.34. The molecule has 0 saturated carbocycles. The van der Waals surface area contributed by atoms with Gasteiger partial charge in [-0.15, -0.1) is 0 Å². The molecular formula is C18H20ClN5O3S. The summed E-state index contributed by atoms with van der Waals surface area (Å²) in [5.74, 6) is 0.348. The molecule has 0 saturated heterocycles. The summed E-state index contributed by atoms with van der Waals surface area (Å²) in [4.78, 5) is 40.9. The third-order valence-electron chi connectivity index (χ3n) is 4.42. The first-order valence-electron chi connectivity index (χ1n) is 8.52. The number of aromatic nitrogens is 4. The smallest absolute Gasteiger partial charge is 0.326 e. The number of anilines is 1. The van der Waals surface area contributed by atoms with Crippen LogP contribution < -0.4 is 16.6 Å². The van der Waals surface area contributed by atoms with E-state index in [1.807, 2.05) is 13.0 Å². The third-order valence-corrected chi connectivity index (χ3v) is 5.88. The summed E-state index contributed by atoms with van der Waals surface area (Å²) in [5, 5.41) is 4.06. The zero-order valence-corrected chi connectivity index (χ0v) is 17.5. The van der Waals surface area contributed by atoms with E-state index in [-0.39, 0.29) is 17.8 Å². The second kappa shape index (κ2) is 7.84. The number of imidazole rings is 1. The van der Waals surface area contributed by atoms with E-state index in [0.29, 0.717) is 27.3 Å². The highest BCUT2D eigenvalue weighted by molar-refractivity contribution is 7.99. The molecule has 1 amide bonds. The maximum absolute atomic E-state index is 12.3. The Morgan fingerprint density at radius 3 is 2.57 bits per heavy atom. The van der Waals surface area contributed by atoms with Gasteiger partial charge in [-0.05, 0) is 30.7 Å². The predicted molar refractivity (Wildman–Crippen MR) is 111 cm³/mol. The molecule has 28 heavy (non-hydrogen) atoms. The maximum Gasteiger partial charge on any atom is 0.332 e. The molecule has 0 spiro atoms. The first-order valence-corrected chi connectivity index (χ1v) is 9.88. The number of benzene rings is 1. The highest BCUT2D eigenvalue weighted by atomic mass is 35.5. The average Bonchev–Trinajstić information content (AvgIpc) is 2.98. The number of thioether (sulfide) groups is 1. The predicted octanol–water partition coefficient (Wildman–Crippen LogP) is 2.05. The summed E-state index contributed by atoms with van der Waals surface area (Å²) in [6.45, 7) is 1.87. The number of carbonyl (C=O) groups excluding carboxylic acids is 1. The fraction of sp³-hybridized carbons (Fsp3) is 0.333. The van der Waals surface area contributed by atoms with Gasteiger partial charge in [-0.1, -0.05) is 23.4 Å². The molecule has 0 aliphatic carbocycles. The van der Waals surface area contributed by atoms with Crippen LogP contribution in [0.3, 0.4) is 0 Å². The van der Waals surface area contributed by atoms with Gasteiger partial charge in [0, 0.05) is 44.0 Å². The minimum Gasteiger partial charge on any atom is -0.326 e. The zero-order chi connectivity index (χ0) is 20.6. The highest BCUT2D eigenvalue weighted by Crippen LogP contribution is 2.22. The Labute approximate surface area is 170 Å². The van der Waals surface area contributed by atoms with E-state index < -0.39 is 11.2 Å². The molecule has 2 aromatic heterocycles. The van der Waals surface area contributed by atoms with Crippen molar-refractivity contribution in [3.8, 4) is 0 Å². The van der Waals surface area contributed by atoms with Crippen molar-refractivity contribution < 1.29 is 4.79 Å². The molecular weight excluding hydrogens is 402 g/mol. The quantitative estimate of drug-likeness (QED) is 0.637. The van der Waals surface area contributed by atoms with E-state index in [1.165, 1.54) is 23.4 Å². The number of aryl methyl sites for hydroxylation is 3. The van der Waals surface area contributed by atoms with Gasteiger partial charge in [0.25, 0.3) is 5.56 Å². The fourth-order valence-corrected chi connectivity index (χ4v) is 3.89. The van der Waals surface area contributed by atoms with Gasteiger partial charge in [0.05, 0.1) is 0 Å². The van der Waals surface area contributed by atoms with Crippen molar-refractivity contribution in [2.45, 2.75) is 18.5 Å². The van der Waals surface area contributed by atoms with Crippen LogP contribution in [0.25, 0.3) is 11.2 Å². The van der Waals surface area contributed by atoms with E-state index >= 15 is 0 Å². The van der Waals surface area contributed by atoms with Crippen LogP contribution in [-0.2, 0) is 25.9 Å². The largest absolute Gasteiger partial charge is 0.332 e. The second-order valence-corrected chi connectivity index (χ2v) is 7.91. The molecule has 3 rings (SSSR count). The fourth-order valence-electron chi connectivity index (χ4n) is 2.87. The lowest BCUT2D eigenvalue weighted by Crippen LogP contribution is -2.37. The monoisotopic (exact) mass is 421 g/mol. The number of fused-ring (bicyclic) bond motifs is 1. The van der Waals surface area contributed by atoms with Crippen LogP contribution in [0.2, 0.25) is 5.02 Å². The molecule has 2 heterocycles. The van der Waals surface area contributed by atoms with Gasteiger partial charge in [-0.2, -0.15) is 0 Å². The molecule has 1 aromatic carbocycles. The number of halogens is 1. The summed E-state index contributed by atoms with van der Waals surface area (Å²) in [5.41, 5.74) is 1.43. The normalized spacial score (nSPS) is 11.2. The number of amides is 1. The number of nitrogens with zero attached hydrogens (tertiary/aromatic N) is 4. The Balaban J connectivity index is 1.71. The van der Waals surface area contributed by atoms with Gasteiger partial charge in [-0.25, -0.2) is 9.78 Å². The lowest BCUT2D eigenvalue weighted by atomic mass is 10.2. The number of nitrogens with one attached hydrogen (secondary N) is 1. The van der Waals surface area contributed by atoms with Crippen LogP contribution in [-0.4, -0.2) is 30.3 Å². The number of hydrogen-bond acceptors (Lipinski definition) is 5. The van der Waals surface area contributed by atoms with Crippen LogP contribution >= 0.6 is 23.4 Å². The maximum atomic E-state index is 12.3. The van der Waals surface area contributed by atoms with Crippen molar-refractivity contribution in [3.05, 3.63) is 49.6 Å². The molecule has 0 aliphatic rings. The summed E-state index contributed by atoms with van der Waals surface area (Å²) in [6.07, 6.45) is 0.270. The summed E-state index contributed by atoms with van der Waals surface area (Å²) in [7, 11) is 4.77. The highest BCUT2D eigenvalue weighted by Gasteiger charge is 2.17. The molecule has 0 radical (unpaired) electrons. The van der Waals surface area contributed by atoms with Crippen LogP contribution in [0.15, 0.2) is 32.9 Å². The SMILES string of the molecule is Cc1cc(NC(=O)CCSc2nc3c(=O)n(C)c(=O)n(C)c3n2C)ccc1Cl. The van der Waals surface area contributed by atoms with Crippen molar-refractivity contribution in [1.82, 2.24) is 18.7 Å². The number of rotatable bonds is 5. The van der Waals surface area contributed by atoms with Gasteiger partial charge in [0.1, 0.15) is 0 Å². The minimum absolute atomic E-state index is 0.128. The number of hydrogen-bond donors (Lipinski definition) is 1. The number of carbonyl (C=O) groups is 1. The Kier molecular flexibility index (Phi) is 5.66. The Bertz CT molecular complexity index is 1190. The van der Waals surface area contributed by atoms with E-state index in [0.717, 1.165) is 10.1 Å². The molecule has 3 aromatic rings. The van der Waals surface area contributed by atoms with Crippen molar-refractivity contribution in [3.63, 3.8) is 0 Å². The van der Waals surface area contributed by atoms with Crippen molar-refractivity contribution in [2.75, 3.05) is 11.1 Å². The van der Waals surface area contributed by atoms with Crippen LogP contribution in [0, 0.1) is 6.92 Å². The van der Waals surface area contributed by atoms with Crippen molar-refractivity contribution in [2.24, 2.45) is 21.1 Å². The Morgan fingerprint density at radius 1 is 1.18 bits per heavy atom. The van der Waals surface area contributed by atoms with Gasteiger partial charge in [-0.3, -0.25) is 18.7 Å². The van der Waals surface area contributed by atoms with Crippen LogP contribution in [0.5, 0.6) is 0 Å². The molecule has 1 N–H and O–H groups in total. The second-order valence-electron chi connectivity index (χ2n) is 6.44. The lowest BCUT2D eigenvalue weighted by Gasteiger charge is -2.07. The van der Waals surface area contributed by atoms with E-state index in [2.05, 4.69) is 10.3 Å². The van der Waals surface area contributed by atoms with Gasteiger partial charge in [0.2, 0.25) is 5.91 Å². The lowest BCUT2D eigenvalue weighted by molar-refractivity contribution is -0.115. The topological polar surface area (TPSA) is 90.9 Å². The first-order chi connectivity index (χ1) is 13.2. The summed E-state index contributed by atoms with van der Waals surface area (Å²) < 4.78 is 4.12. The van der Waals surface area contributed by atoms with E-state index in [4.69, 9.17) is 11.6 Å². The summed E-state index contributed by atoms with van der Waals surface area (Å²) in [6, 6.07) is 5.31. The average molecular weight is 422 g/mol. The minimum atomic E-state index is -0.434. The Morgan fingerprint density at radius 2 is 1.89 bits per heavy atom. The van der Waals surface area contributed by atoms with Crippen molar-refractivity contribution >= 4 is 46.1 Å². The first kappa shape index (κ1) is 20.2. The molecule has 8 nitrogen and oxygen atoms in total. The van der Waals surface area contributed by atoms with E-state index in [9.17, 15) is 14.4 Å². The van der Waals surface area contributed by atoms with Gasteiger partial charge < -0.3 is 9.88 Å². The Hall–Kier alpha value is -2.52. The zero-order valence-electron chi connectivity index (χ0n) is 15.9. The standard InChI is InChI=1S/C18H20ClN5O3S/c1-10-9-11(5-6-12(10)19)20-13(25)7-8-28-17-21-14-15(22(17)2)23(3)18(27)24(4)16(14)26/h5-6,9H,7-8H2,1-4H3,(H,20,25). The molecule has 148 valence electrons. The van der Waals surface area contributed by atoms with Gasteiger partial charge >= 0.3 is 5.69 Å². The molecule has 0 unspecified atom stereocenters. The van der Waals surface area contributed by atoms with Crippen molar-refractivity contribution in [1.29, 1.82) is 0 Å². The van der Waals surface area contributed by atoms with Crippen LogP contribution in [0.4, 0.5) is 5.69 Å². The molecule has 0 bridgehead atoms. The molecule has 10 heteroatoms. The molecule has 0 atom stereocenters. The van der Waals surface area contributed by atoms with Gasteiger partial charge in [0.15, 0.2) is 16.3 Å². The van der Waals surface area contributed by atoms with Crippen LogP contribution in [0.1, 0.15) is 12.0 Å². The van der Waals surface area contributed by atoms with E-state index in [1.54, 1.807) is 30.8 Å². The molecule has 0 aliphatic heterocycles. The molecule has 0 fully saturated rings. The third kappa shape index (κ3) is 3.72.